The van der Waals surface area contributed by atoms with Crippen molar-refractivity contribution in [1.82, 2.24) is 9.29 Å². The predicted octanol–water partition coefficient (Wildman–Crippen LogP) is 0.902. The summed E-state index contributed by atoms with van der Waals surface area (Å²) in [6.45, 7) is 1.67. The Morgan fingerprint density at radius 1 is 1.53 bits per heavy atom. The Balaban J connectivity index is 2.48. The van der Waals surface area contributed by atoms with Gasteiger partial charge in [0.05, 0.1) is 12.8 Å². The Kier molecular flexibility index (Phi) is 2.80. The zero-order chi connectivity index (χ0) is 12.5. The minimum absolute atomic E-state index is 0.0666. The van der Waals surface area contributed by atoms with Gasteiger partial charge in [-0.25, -0.2) is 18.2 Å². The molecule has 0 N–H and O–H groups in total. The molecule has 0 radical (unpaired) electrons. The second-order valence-corrected chi connectivity index (χ2v) is 4.87. The molecule has 7 nitrogen and oxygen atoms in total. The van der Waals surface area contributed by atoms with Gasteiger partial charge in [0.1, 0.15) is 16.9 Å². The monoisotopic (exact) mass is 255 g/mol. The number of aliphatic imine (C=N–C) groups is 1. The molecule has 0 saturated heterocycles. The van der Waals surface area contributed by atoms with Crippen LogP contribution >= 0.6 is 0 Å². The number of carbonyl (C=O) groups excluding carboxylic acids is 1. The highest BCUT2D eigenvalue weighted by molar-refractivity contribution is 7.90. The van der Waals surface area contributed by atoms with E-state index in [4.69, 9.17) is 0 Å². The van der Waals surface area contributed by atoms with Crippen molar-refractivity contribution in [1.29, 1.82) is 0 Å². The van der Waals surface area contributed by atoms with Crippen molar-refractivity contribution in [2.24, 2.45) is 4.99 Å². The number of hydrogen-bond acceptors (Lipinski definition) is 6. The summed E-state index contributed by atoms with van der Waals surface area (Å²) >= 11 is 0. The van der Waals surface area contributed by atoms with Gasteiger partial charge in [0.2, 0.25) is 0 Å². The summed E-state index contributed by atoms with van der Waals surface area (Å²) in [5, 5.41) is 0. The van der Waals surface area contributed by atoms with Gasteiger partial charge < -0.3 is 4.74 Å². The molecule has 0 unspecified atom stereocenters. The molecule has 90 valence electrons. The quantitative estimate of drug-likeness (QED) is 0.743. The first-order valence-corrected chi connectivity index (χ1v) is 6.20. The van der Waals surface area contributed by atoms with Crippen LogP contribution in [0.4, 0.5) is 10.5 Å². The van der Waals surface area contributed by atoms with E-state index in [1.807, 2.05) is 0 Å². The minimum Gasteiger partial charge on any atom is -0.449 e. The Hall–Kier alpha value is -1.96. The van der Waals surface area contributed by atoms with Gasteiger partial charge in [0.15, 0.2) is 0 Å². The lowest BCUT2D eigenvalue weighted by molar-refractivity contribution is 0.144. The number of ether oxygens (including phenoxy) is 1. The Morgan fingerprint density at radius 2 is 2.29 bits per heavy atom. The molecule has 1 aliphatic rings. The molecule has 0 fully saturated rings. The molecule has 1 aliphatic heterocycles. The maximum Gasteiger partial charge on any atom is 0.429 e. The number of amides is 1. The standard InChI is InChI=1S/C9H9N3O4S/c1-2-16-9(13)12-6-11-7-5-10-4-3-8(7)17(12,14)15/h3-6H,2H2,1H3. The highest BCUT2D eigenvalue weighted by Gasteiger charge is 2.34. The number of pyridine rings is 1. The first-order valence-electron chi connectivity index (χ1n) is 4.76. The van der Waals surface area contributed by atoms with Crippen LogP contribution in [-0.2, 0) is 14.8 Å². The predicted molar refractivity (Wildman–Crippen MR) is 58.4 cm³/mol. The number of aromatic nitrogens is 1. The van der Waals surface area contributed by atoms with E-state index in [0.29, 0.717) is 4.31 Å². The van der Waals surface area contributed by atoms with Crippen molar-refractivity contribution in [3.63, 3.8) is 0 Å². The smallest absolute Gasteiger partial charge is 0.429 e. The van der Waals surface area contributed by atoms with Gasteiger partial charge in [-0.3, -0.25) is 4.98 Å². The first-order chi connectivity index (χ1) is 8.07. The fourth-order valence-electron chi connectivity index (χ4n) is 1.30. The van der Waals surface area contributed by atoms with E-state index in [2.05, 4.69) is 14.7 Å². The highest BCUT2D eigenvalue weighted by Crippen LogP contribution is 2.29. The van der Waals surface area contributed by atoms with Crippen molar-refractivity contribution in [2.45, 2.75) is 11.8 Å². The molecule has 1 aromatic heterocycles. The third-order valence-electron chi connectivity index (χ3n) is 2.05. The fourth-order valence-corrected chi connectivity index (χ4v) is 2.54. The van der Waals surface area contributed by atoms with E-state index < -0.39 is 16.1 Å². The lowest BCUT2D eigenvalue weighted by atomic mass is 10.4. The van der Waals surface area contributed by atoms with Crippen molar-refractivity contribution in [3.8, 4) is 0 Å². The molecule has 17 heavy (non-hydrogen) atoms. The number of nitrogens with zero attached hydrogens (tertiary/aromatic N) is 3. The summed E-state index contributed by atoms with van der Waals surface area (Å²) < 4.78 is 29.2. The van der Waals surface area contributed by atoms with Crippen molar-refractivity contribution in [3.05, 3.63) is 18.5 Å². The third kappa shape index (κ3) is 1.86. The Labute approximate surface area is 97.8 Å². The molecule has 0 spiro atoms. The molecule has 2 heterocycles. The normalized spacial score (nSPS) is 16.4. The van der Waals surface area contributed by atoms with Gasteiger partial charge >= 0.3 is 6.09 Å². The largest absolute Gasteiger partial charge is 0.449 e. The Bertz CT molecular complexity index is 582. The van der Waals surface area contributed by atoms with Crippen LogP contribution in [0.5, 0.6) is 0 Å². The van der Waals surface area contributed by atoms with E-state index in [1.165, 1.54) is 18.5 Å². The maximum absolute atomic E-state index is 12.0. The number of sulfonamides is 1. The second kappa shape index (κ2) is 4.13. The fraction of sp³-hybridized carbons (Fsp3) is 0.222. The molecule has 0 bridgehead atoms. The second-order valence-electron chi connectivity index (χ2n) is 3.09. The molecule has 8 heteroatoms. The summed E-state index contributed by atoms with van der Waals surface area (Å²) in [5.74, 6) is 0. The van der Waals surface area contributed by atoms with Gasteiger partial charge in [0, 0.05) is 6.20 Å². The van der Waals surface area contributed by atoms with Crippen LogP contribution in [0.1, 0.15) is 6.92 Å². The molecule has 1 aromatic rings. The zero-order valence-corrected chi connectivity index (χ0v) is 9.72. The summed E-state index contributed by atoms with van der Waals surface area (Å²) in [4.78, 5) is 19.0. The first kappa shape index (κ1) is 11.5. The molecule has 2 rings (SSSR count). The topological polar surface area (TPSA) is 88.9 Å². The van der Waals surface area contributed by atoms with Crippen LogP contribution in [0, 0.1) is 0 Å². The molecular formula is C9H9N3O4S. The van der Waals surface area contributed by atoms with Crippen LogP contribution in [-0.4, -0.2) is 36.7 Å². The van der Waals surface area contributed by atoms with E-state index in [-0.39, 0.29) is 17.2 Å². The van der Waals surface area contributed by atoms with Crippen LogP contribution in [0.15, 0.2) is 28.3 Å². The summed E-state index contributed by atoms with van der Waals surface area (Å²) in [6, 6.07) is 1.29. The summed E-state index contributed by atoms with van der Waals surface area (Å²) in [5.41, 5.74) is 0.202. The van der Waals surface area contributed by atoms with Crippen LogP contribution in [0.2, 0.25) is 0 Å². The molecule has 0 atom stereocenters. The van der Waals surface area contributed by atoms with Crippen LogP contribution in [0.25, 0.3) is 0 Å². The molecule has 0 aromatic carbocycles. The lowest BCUT2D eigenvalue weighted by Crippen LogP contribution is -2.37. The summed E-state index contributed by atoms with van der Waals surface area (Å²) in [6.07, 6.45) is 2.57. The lowest BCUT2D eigenvalue weighted by Gasteiger charge is -2.20. The molecule has 1 amide bonds. The van der Waals surface area contributed by atoms with Crippen LogP contribution in [0.3, 0.4) is 0 Å². The SMILES string of the molecule is CCOC(=O)N1C=Nc2cnccc2S1(=O)=O. The summed E-state index contributed by atoms with van der Waals surface area (Å²) in [7, 11) is -3.93. The van der Waals surface area contributed by atoms with Gasteiger partial charge in [-0.2, -0.15) is 4.31 Å². The third-order valence-corrected chi connectivity index (χ3v) is 3.71. The minimum atomic E-state index is -3.93. The van der Waals surface area contributed by atoms with Gasteiger partial charge in [-0.1, -0.05) is 0 Å². The molecular weight excluding hydrogens is 246 g/mol. The number of hydrogen-bond donors (Lipinski definition) is 0. The van der Waals surface area contributed by atoms with Crippen molar-refractivity contribution >= 4 is 28.1 Å². The zero-order valence-electron chi connectivity index (χ0n) is 8.90. The van der Waals surface area contributed by atoms with E-state index in [1.54, 1.807) is 6.92 Å². The van der Waals surface area contributed by atoms with Crippen LogP contribution < -0.4 is 0 Å². The maximum atomic E-state index is 12.0. The Morgan fingerprint density at radius 3 is 3.00 bits per heavy atom. The number of fused-ring (bicyclic) bond motifs is 1. The van der Waals surface area contributed by atoms with E-state index in [9.17, 15) is 13.2 Å². The number of rotatable bonds is 1. The van der Waals surface area contributed by atoms with Crippen molar-refractivity contribution in [2.75, 3.05) is 6.61 Å². The average molecular weight is 255 g/mol. The van der Waals surface area contributed by atoms with Gasteiger partial charge in [0.25, 0.3) is 10.0 Å². The highest BCUT2D eigenvalue weighted by atomic mass is 32.2. The van der Waals surface area contributed by atoms with E-state index in [0.717, 1.165) is 6.34 Å². The number of carbonyl (C=O) groups is 1. The van der Waals surface area contributed by atoms with Crippen molar-refractivity contribution < 1.29 is 17.9 Å². The molecule has 0 saturated carbocycles. The average Bonchev–Trinajstić information content (AvgIpc) is 2.29. The molecule has 0 aliphatic carbocycles. The van der Waals surface area contributed by atoms with E-state index >= 15 is 0 Å². The van der Waals surface area contributed by atoms with Gasteiger partial charge in [-0.05, 0) is 13.0 Å². The van der Waals surface area contributed by atoms with Gasteiger partial charge in [-0.15, -0.1) is 0 Å².